The number of methoxy groups -OCH3 is 1. The van der Waals surface area contributed by atoms with Gasteiger partial charge in [0, 0.05) is 48.1 Å². The van der Waals surface area contributed by atoms with E-state index in [4.69, 9.17) is 19.0 Å². The third-order valence-corrected chi connectivity index (χ3v) is 9.36. The molecule has 0 bridgehead atoms. The molecule has 0 radical (unpaired) electrons. The first kappa shape index (κ1) is 35.1. The standard InChI is InChI=1S/C32H45N6O5P/c1-23(2)37(24(3)4)44(43-19-11-16-33)42-18-10-9-17-36-30-21-31(41-8)29(20-28(30)25(5)22-32(36,6)7)35-34-26-12-14-27(15-13-26)38(39)40/h12-15,20-24H,9-11,17-19H2,1-8H3. The van der Waals surface area contributed by atoms with Crippen LogP contribution in [0.2, 0.25) is 0 Å². The van der Waals surface area contributed by atoms with Crippen molar-refractivity contribution in [1.29, 1.82) is 5.26 Å². The number of anilines is 1. The molecule has 1 unspecified atom stereocenters. The van der Waals surface area contributed by atoms with Gasteiger partial charge in [-0.15, -0.1) is 5.11 Å². The van der Waals surface area contributed by atoms with Crippen molar-refractivity contribution in [1.82, 2.24) is 4.67 Å². The summed E-state index contributed by atoms with van der Waals surface area (Å²) in [5.74, 6) is 0.593. The van der Waals surface area contributed by atoms with Crippen molar-refractivity contribution in [2.24, 2.45) is 10.2 Å². The zero-order valence-corrected chi connectivity index (χ0v) is 28.0. The molecule has 0 amide bonds. The number of ether oxygens (including phenoxy) is 1. The van der Waals surface area contributed by atoms with E-state index in [1.165, 1.54) is 12.1 Å². The number of hydrogen-bond acceptors (Lipinski definition) is 10. The van der Waals surface area contributed by atoms with Crippen LogP contribution < -0.4 is 9.64 Å². The first-order chi connectivity index (χ1) is 20.9. The zero-order valence-electron chi connectivity index (χ0n) is 27.1. The molecule has 2 aromatic carbocycles. The van der Waals surface area contributed by atoms with E-state index in [2.05, 4.69) is 80.4 Å². The van der Waals surface area contributed by atoms with Crippen LogP contribution in [-0.2, 0) is 9.05 Å². The van der Waals surface area contributed by atoms with Gasteiger partial charge in [0.05, 0.1) is 49.0 Å². The number of nitro groups is 1. The lowest BCUT2D eigenvalue weighted by Crippen LogP contribution is -2.45. The Morgan fingerprint density at radius 3 is 2.32 bits per heavy atom. The van der Waals surface area contributed by atoms with E-state index < -0.39 is 13.4 Å². The van der Waals surface area contributed by atoms with Gasteiger partial charge in [-0.05, 0) is 85.1 Å². The molecule has 44 heavy (non-hydrogen) atoms. The van der Waals surface area contributed by atoms with Crippen LogP contribution in [0.3, 0.4) is 0 Å². The average Bonchev–Trinajstić information content (AvgIpc) is 2.96. The van der Waals surface area contributed by atoms with E-state index in [9.17, 15) is 10.1 Å². The first-order valence-electron chi connectivity index (χ1n) is 15.0. The summed E-state index contributed by atoms with van der Waals surface area (Å²) < 4.78 is 20.3. The van der Waals surface area contributed by atoms with Gasteiger partial charge in [0.1, 0.15) is 11.4 Å². The van der Waals surface area contributed by atoms with E-state index in [0.29, 0.717) is 36.8 Å². The van der Waals surface area contributed by atoms with Crippen LogP contribution in [0.1, 0.15) is 73.3 Å². The Labute approximate surface area is 262 Å². The largest absolute Gasteiger partial charge is 0.494 e. The third kappa shape index (κ3) is 9.05. The number of nitro benzene ring substituents is 1. The Morgan fingerprint density at radius 1 is 1.07 bits per heavy atom. The molecule has 1 heterocycles. The fraction of sp³-hybridized carbons (Fsp3) is 0.531. The van der Waals surface area contributed by atoms with Crippen LogP contribution in [0.5, 0.6) is 5.75 Å². The summed E-state index contributed by atoms with van der Waals surface area (Å²) in [5.41, 5.74) is 4.13. The number of nitrogens with zero attached hydrogens (tertiary/aromatic N) is 6. The highest BCUT2D eigenvalue weighted by Crippen LogP contribution is 2.47. The SMILES string of the molecule is COc1cc2c(cc1N=Nc1ccc([N+](=O)[O-])cc1)C(C)=CC(C)(C)N2CCCCOP(OCCC#N)N(C(C)C)C(C)C. The van der Waals surface area contributed by atoms with E-state index in [1.807, 2.05) is 12.1 Å². The molecule has 1 aliphatic heterocycles. The van der Waals surface area contributed by atoms with Gasteiger partial charge in [-0.2, -0.15) is 10.4 Å². The van der Waals surface area contributed by atoms with Gasteiger partial charge in [0.2, 0.25) is 0 Å². The number of benzene rings is 2. The molecule has 0 spiro atoms. The lowest BCUT2D eigenvalue weighted by molar-refractivity contribution is -0.384. The van der Waals surface area contributed by atoms with Crippen LogP contribution in [0.15, 0.2) is 52.7 Å². The van der Waals surface area contributed by atoms with Gasteiger partial charge in [-0.25, -0.2) is 4.67 Å². The minimum absolute atomic E-state index is 0.00292. The van der Waals surface area contributed by atoms with Gasteiger partial charge in [-0.1, -0.05) is 6.08 Å². The van der Waals surface area contributed by atoms with Crippen LogP contribution in [-0.4, -0.2) is 54.1 Å². The molecule has 12 heteroatoms. The highest BCUT2D eigenvalue weighted by Gasteiger charge is 2.32. The van der Waals surface area contributed by atoms with Gasteiger partial charge < -0.3 is 18.7 Å². The lowest BCUT2D eigenvalue weighted by Gasteiger charge is -2.43. The van der Waals surface area contributed by atoms with Gasteiger partial charge >= 0.3 is 0 Å². The summed E-state index contributed by atoms with van der Waals surface area (Å²) in [6, 6.07) is 12.6. The number of allylic oxidation sites excluding steroid dienone is 1. The number of unbranched alkanes of at least 4 members (excludes halogenated alkanes) is 1. The van der Waals surface area contributed by atoms with E-state index >= 15 is 0 Å². The molecule has 0 aliphatic carbocycles. The van der Waals surface area contributed by atoms with E-state index in [-0.39, 0.29) is 23.3 Å². The summed E-state index contributed by atoms with van der Waals surface area (Å²) in [6.45, 7) is 16.8. The minimum atomic E-state index is -1.26. The van der Waals surface area contributed by atoms with Crippen molar-refractivity contribution in [3.05, 3.63) is 58.2 Å². The van der Waals surface area contributed by atoms with Crippen molar-refractivity contribution >= 4 is 36.8 Å². The molecule has 0 saturated carbocycles. The topological polar surface area (TPSA) is 126 Å². The van der Waals surface area contributed by atoms with Crippen molar-refractivity contribution in [3.63, 3.8) is 0 Å². The molecule has 0 aromatic heterocycles. The van der Waals surface area contributed by atoms with E-state index in [1.54, 1.807) is 19.2 Å². The van der Waals surface area contributed by atoms with Crippen molar-refractivity contribution < 1.29 is 18.7 Å². The maximum atomic E-state index is 11.0. The highest BCUT2D eigenvalue weighted by atomic mass is 31.2. The predicted molar refractivity (Wildman–Crippen MR) is 176 cm³/mol. The second kappa shape index (κ2) is 16.1. The zero-order chi connectivity index (χ0) is 32.4. The molecule has 0 saturated heterocycles. The Kier molecular flexibility index (Phi) is 12.8. The second-order valence-corrected chi connectivity index (χ2v) is 13.2. The molecule has 0 N–H and O–H groups in total. The molecule has 0 fully saturated rings. The van der Waals surface area contributed by atoms with Crippen LogP contribution in [0.4, 0.5) is 22.7 Å². The highest BCUT2D eigenvalue weighted by molar-refractivity contribution is 7.44. The molecule has 1 aliphatic rings. The quantitative estimate of drug-likeness (QED) is 0.0595. The summed E-state index contributed by atoms with van der Waals surface area (Å²) in [5, 5.41) is 28.6. The summed E-state index contributed by atoms with van der Waals surface area (Å²) in [4.78, 5) is 12.9. The molecule has 2 aromatic rings. The van der Waals surface area contributed by atoms with Crippen LogP contribution in [0.25, 0.3) is 5.57 Å². The number of nitriles is 1. The normalized spacial score (nSPS) is 15.0. The van der Waals surface area contributed by atoms with Gasteiger partial charge in [-0.3, -0.25) is 10.1 Å². The van der Waals surface area contributed by atoms with Crippen molar-refractivity contribution in [3.8, 4) is 11.8 Å². The smallest absolute Gasteiger partial charge is 0.269 e. The number of azo groups is 1. The number of hydrogen-bond donors (Lipinski definition) is 0. The number of rotatable bonds is 16. The summed E-state index contributed by atoms with van der Waals surface area (Å²) in [6.07, 6.45) is 4.37. The minimum Gasteiger partial charge on any atom is -0.494 e. The molecule has 238 valence electrons. The Hall–Kier alpha value is -3.42. The fourth-order valence-electron chi connectivity index (χ4n) is 5.32. The third-order valence-electron chi connectivity index (χ3n) is 7.25. The molecular formula is C32H45N6O5P. The second-order valence-electron chi connectivity index (χ2n) is 11.7. The van der Waals surface area contributed by atoms with E-state index in [0.717, 1.165) is 36.2 Å². The number of non-ortho nitro benzene ring substituents is 1. The van der Waals surface area contributed by atoms with Crippen molar-refractivity contribution in [2.75, 3.05) is 31.8 Å². The molecular weight excluding hydrogens is 579 g/mol. The van der Waals surface area contributed by atoms with Crippen molar-refractivity contribution in [2.45, 2.75) is 85.4 Å². The van der Waals surface area contributed by atoms with Gasteiger partial charge in [0.25, 0.3) is 14.2 Å². The fourth-order valence-corrected chi connectivity index (χ4v) is 6.95. The maximum Gasteiger partial charge on any atom is 0.269 e. The monoisotopic (exact) mass is 624 g/mol. The lowest BCUT2D eigenvalue weighted by atomic mass is 9.88. The maximum absolute atomic E-state index is 11.0. The summed E-state index contributed by atoms with van der Waals surface area (Å²) >= 11 is 0. The number of fused-ring (bicyclic) bond motifs is 1. The Bertz CT molecular complexity index is 1360. The molecule has 3 rings (SSSR count). The predicted octanol–water partition coefficient (Wildman–Crippen LogP) is 9.09. The Morgan fingerprint density at radius 2 is 1.73 bits per heavy atom. The van der Waals surface area contributed by atoms with Crippen LogP contribution >= 0.6 is 8.53 Å². The molecule has 11 nitrogen and oxygen atoms in total. The summed E-state index contributed by atoms with van der Waals surface area (Å²) in [7, 11) is 0.355. The van der Waals surface area contributed by atoms with Gasteiger partial charge in [0.15, 0.2) is 0 Å². The van der Waals surface area contributed by atoms with Crippen LogP contribution in [0, 0.1) is 21.4 Å². The average molecular weight is 625 g/mol. The molecule has 1 atom stereocenters. The Balaban J connectivity index is 1.74. The first-order valence-corrected chi connectivity index (χ1v) is 16.1.